The topological polar surface area (TPSA) is 105 Å². The lowest BCUT2D eigenvalue weighted by Crippen LogP contribution is -2.09. The molecule has 1 heterocycles. The molecular formula is C18H19N5O4. The molecule has 0 aliphatic rings. The molecule has 0 atom stereocenters. The van der Waals surface area contributed by atoms with Gasteiger partial charge in [-0.3, -0.25) is 10.1 Å². The number of hydrogen-bond donors (Lipinski definition) is 0. The highest BCUT2D eigenvalue weighted by molar-refractivity contribution is 5.73. The summed E-state index contributed by atoms with van der Waals surface area (Å²) >= 11 is 0. The number of aromatic nitrogens is 4. The van der Waals surface area contributed by atoms with Gasteiger partial charge in [-0.15, -0.1) is 5.10 Å². The third-order valence-electron chi connectivity index (χ3n) is 3.97. The molecule has 9 nitrogen and oxygen atoms in total. The van der Waals surface area contributed by atoms with Crippen LogP contribution in [0.1, 0.15) is 19.2 Å². The molecule has 0 aliphatic heterocycles. The summed E-state index contributed by atoms with van der Waals surface area (Å²) in [5.41, 5.74) is 1.38. The molecule has 1 aromatic heterocycles. The maximum absolute atomic E-state index is 11.2. The Morgan fingerprint density at radius 2 is 1.96 bits per heavy atom. The summed E-state index contributed by atoms with van der Waals surface area (Å²) < 4.78 is 12.7. The first-order valence-corrected chi connectivity index (χ1v) is 8.43. The van der Waals surface area contributed by atoms with Crippen LogP contribution in [0.4, 0.5) is 5.69 Å². The Hall–Kier alpha value is -3.49. The van der Waals surface area contributed by atoms with Gasteiger partial charge >= 0.3 is 0 Å². The number of nitrogens with zero attached hydrogens (tertiary/aromatic N) is 5. The SMILES string of the molecule is CCCn1nnnc1COc1ccc([N+](=O)[O-])cc1-c1ccc(OC)cc1. The van der Waals surface area contributed by atoms with Gasteiger partial charge in [0.2, 0.25) is 0 Å². The van der Waals surface area contributed by atoms with Gasteiger partial charge in [-0.2, -0.15) is 0 Å². The highest BCUT2D eigenvalue weighted by atomic mass is 16.6. The van der Waals surface area contributed by atoms with Crippen LogP contribution in [0.3, 0.4) is 0 Å². The molecule has 0 N–H and O–H groups in total. The molecule has 0 aliphatic carbocycles. The van der Waals surface area contributed by atoms with Gasteiger partial charge in [0.25, 0.3) is 5.69 Å². The fourth-order valence-corrected chi connectivity index (χ4v) is 2.61. The fourth-order valence-electron chi connectivity index (χ4n) is 2.61. The summed E-state index contributed by atoms with van der Waals surface area (Å²) in [5, 5.41) is 22.7. The summed E-state index contributed by atoms with van der Waals surface area (Å²) in [4.78, 5) is 10.7. The van der Waals surface area contributed by atoms with Crippen LogP contribution in [0.5, 0.6) is 11.5 Å². The van der Waals surface area contributed by atoms with Crippen LogP contribution >= 0.6 is 0 Å². The first kappa shape index (κ1) is 18.3. The molecule has 2 aromatic carbocycles. The van der Waals surface area contributed by atoms with E-state index in [0.29, 0.717) is 29.4 Å². The van der Waals surface area contributed by atoms with E-state index in [1.54, 1.807) is 30.0 Å². The molecule has 0 unspecified atom stereocenters. The highest BCUT2D eigenvalue weighted by Gasteiger charge is 2.15. The van der Waals surface area contributed by atoms with Gasteiger partial charge in [-0.05, 0) is 40.6 Å². The lowest BCUT2D eigenvalue weighted by molar-refractivity contribution is -0.384. The van der Waals surface area contributed by atoms with Gasteiger partial charge in [-0.25, -0.2) is 4.68 Å². The monoisotopic (exact) mass is 369 g/mol. The second-order valence-corrected chi connectivity index (χ2v) is 5.77. The van der Waals surface area contributed by atoms with Crippen molar-refractivity contribution >= 4 is 5.69 Å². The van der Waals surface area contributed by atoms with E-state index in [0.717, 1.165) is 12.0 Å². The van der Waals surface area contributed by atoms with Gasteiger partial charge in [0.15, 0.2) is 5.82 Å². The Morgan fingerprint density at radius 3 is 2.63 bits per heavy atom. The molecular weight excluding hydrogens is 350 g/mol. The average molecular weight is 369 g/mol. The van der Waals surface area contributed by atoms with Crippen molar-refractivity contribution in [1.29, 1.82) is 0 Å². The number of aryl methyl sites for hydroxylation is 1. The Kier molecular flexibility index (Phi) is 5.60. The molecule has 27 heavy (non-hydrogen) atoms. The number of methoxy groups -OCH3 is 1. The minimum Gasteiger partial charge on any atom is -0.497 e. The number of rotatable bonds is 8. The lowest BCUT2D eigenvalue weighted by atomic mass is 10.0. The number of nitro groups is 1. The molecule has 3 rings (SSSR count). The van der Waals surface area contributed by atoms with E-state index in [-0.39, 0.29) is 12.3 Å². The van der Waals surface area contributed by atoms with E-state index in [2.05, 4.69) is 15.5 Å². The number of non-ortho nitro benzene ring substituents is 1. The summed E-state index contributed by atoms with van der Waals surface area (Å²) in [7, 11) is 1.58. The molecule has 3 aromatic rings. The summed E-state index contributed by atoms with van der Waals surface area (Å²) in [6.07, 6.45) is 0.896. The zero-order chi connectivity index (χ0) is 19.2. The largest absolute Gasteiger partial charge is 0.497 e. The Balaban J connectivity index is 1.91. The van der Waals surface area contributed by atoms with E-state index in [9.17, 15) is 10.1 Å². The molecule has 0 bridgehead atoms. The predicted molar refractivity (Wildman–Crippen MR) is 97.5 cm³/mol. The molecule has 0 spiro atoms. The van der Waals surface area contributed by atoms with Crippen LogP contribution in [0.2, 0.25) is 0 Å². The second-order valence-electron chi connectivity index (χ2n) is 5.77. The van der Waals surface area contributed by atoms with E-state index in [4.69, 9.17) is 9.47 Å². The molecule has 9 heteroatoms. The van der Waals surface area contributed by atoms with Gasteiger partial charge in [0.1, 0.15) is 18.1 Å². The van der Waals surface area contributed by atoms with E-state index in [1.807, 2.05) is 19.1 Å². The van der Waals surface area contributed by atoms with Crippen molar-refractivity contribution in [2.24, 2.45) is 0 Å². The average Bonchev–Trinajstić information content (AvgIpc) is 3.13. The highest BCUT2D eigenvalue weighted by Crippen LogP contribution is 2.34. The van der Waals surface area contributed by atoms with Gasteiger partial charge < -0.3 is 9.47 Å². The third kappa shape index (κ3) is 4.20. The van der Waals surface area contributed by atoms with E-state index < -0.39 is 4.92 Å². The summed E-state index contributed by atoms with van der Waals surface area (Å²) in [6, 6.07) is 11.7. The van der Waals surface area contributed by atoms with Gasteiger partial charge in [0, 0.05) is 24.2 Å². The van der Waals surface area contributed by atoms with Crippen LogP contribution in [-0.2, 0) is 13.2 Å². The standard InChI is InChI=1S/C18H19N5O4/c1-3-10-22-18(19-20-21-22)12-27-17-9-6-14(23(24)25)11-16(17)13-4-7-15(26-2)8-5-13/h4-9,11H,3,10,12H2,1-2H3. The quantitative estimate of drug-likeness (QED) is 0.443. The minimum atomic E-state index is -0.432. The Bertz CT molecular complexity index is 924. The Labute approximate surface area is 155 Å². The summed E-state index contributed by atoms with van der Waals surface area (Å²) in [5.74, 6) is 1.80. The normalized spacial score (nSPS) is 10.6. The minimum absolute atomic E-state index is 0.0102. The first-order chi connectivity index (χ1) is 13.1. The molecule has 0 radical (unpaired) electrons. The lowest BCUT2D eigenvalue weighted by Gasteiger charge is -2.12. The number of tetrazole rings is 1. The van der Waals surface area contributed by atoms with Crippen LogP contribution < -0.4 is 9.47 Å². The van der Waals surface area contributed by atoms with Crippen LogP contribution in [-0.4, -0.2) is 32.2 Å². The van der Waals surface area contributed by atoms with E-state index >= 15 is 0 Å². The number of nitro benzene ring substituents is 1. The molecule has 0 fully saturated rings. The Morgan fingerprint density at radius 1 is 1.19 bits per heavy atom. The van der Waals surface area contributed by atoms with Crippen LogP contribution in [0.25, 0.3) is 11.1 Å². The maximum Gasteiger partial charge on any atom is 0.270 e. The third-order valence-corrected chi connectivity index (χ3v) is 3.97. The first-order valence-electron chi connectivity index (χ1n) is 8.43. The van der Waals surface area contributed by atoms with Crippen molar-refractivity contribution in [3.8, 4) is 22.6 Å². The summed E-state index contributed by atoms with van der Waals surface area (Å²) in [6.45, 7) is 2.88. The van der Waals surface area contributed by atoms with Crippen molar-refractivity contribution in [2.75, 3.05) is 7.11 Å². The van der Waals surface area contributed by atoms with Crippen molar-refractivity contribution in [2.45, 2.75) is 26.5 Å². The molecule has 0 saturated carbocycles. The fraction of sp³-hybridized carbons (Fsp3) is 0.278. The van der Waals surface area contributed by atoms with Crippen LogP contribution in [0, 0.1) is 10.1 Å². The zero-order valence-electron chi connectivity index (χ0n) is 15.0. The predicted octanol–water partition coefficient (Wildman–Crippen LogP) is 3.25. The zero-order valence-corrected chi connectivity index (χ0v) is 15.0. The maximum atomic E-state index is 11.2. The number of benzene rings is 2. The van der Waals surface area contributed by atoms with Crippen molar-refractivity contribution < 1.29 is 14.4 Å². The second kappa shape index (κ2) is 8.26. The van der Waals surface area contributed by atoms with E-state index in [1.165, 1.54) is 12.1 Å². The van der Waals surface area contributed by atoms with Crippen molar-refractivity contribution in [1.82, 2.24) is 20.2 Å². The van der Waals surface area contributed by atoms with Crippen molar-refractivity contribution in [3.63, 3.8) is 0 Å². The molecule has 0 saturated heterocycles. The van der Waals surface area contributed by atoms with Crippen molar-refractivity contribution in [3.05, 3.63) is 58.4 Å². The van der Waals surface area contributed by atoms with Gasteiger partial charge in [-0.1, -0.05) is 19.1 Å². The van der Waals surface area contributed by atoms with Gasteiger partial charge in [0.05, 0.1) is 12.0 Å². The number of ether oxygens (including phenoxy) is 2. The van der Waals surface area contributed by atoms with Crippen LogP contribution in [0.15, 0.2) is 42.5 Å². The smallest absolute Gasteiger partial charge is 0.270 e. The number of hydrogen-bond acceptors (Lipinski definition) is 7. The molecule has 0 amide bonds. The molecule has 140 valence electrons.